The number of alkyl halides is 3. The summed E-state index contributed by atoms with van der Waals surface area (Å²) in [6.07, 6.45) is -4.53. The number of hydrazine groups is 1. The summed E-state index contributed by atoms with van der Waals surface area (Å²) in [6.45, 7) is 0. The van der Waals surface area contributed by atoms with Crippen molar-refractivity contribution in [3.63, 3.8) is 0 Å². The van der Waals surface area contributed by atoms with E-state index in [1.165, 1.54) is 6.07 Å². The summed E-state index contributed by atoms with van der Waals surface area (Å²) in [5, 5.41) is 0.463. The van der Waals surface area contributed by atoms with E-state index in [0.29, 0.717) is 11.2 Å². The zero-order valence-electron chi connectivity index (χ0n) is 7.93. The Kier molecular flexibility index (Phi) is 2.73. The van der Waals surface area contributed by atoms with Gasteiger partial charge in [0.05, 0.1) is 11.3 Å². The summed E-state index contributed by atoms with van der Waals surface area (Å²) in [5.74, 6) is 0. The van der Waals surface area contributed by atoms with Crippen molar-refractivity contribution in [2.75, 3.05) is 5.17 Å². The Morgan fingerprint density at radius 2 is 2.00 bits per heavy atom. The van der Waals surface area contributed by atoms with E-state index in [1.54, 1.807) is 5.59 Å². The molecule has 1 aromatic carbocycles. The lowest BCUT2D eigenvalue weighted by molar-refractivity contribution is -0.137. The second-order valence-electron chi connectivity index (χ2n) is 3.00. The Morgan fingerprint density at radius 3 is 2.53 bits per heavy atom. The van der Waals surface area contributed by atoms with Crippen LogP contribution in [0, 0.1) is 0 Å². The Balaban J connectivity index is 2.29. The van der Waals surface area contributed by atoms with E-state index >= 15 is 0 Å². The Hall–Kier alpha value is -1.36. The minimum Gasteiger partial charge on any atom is -0.166 e. The smallest absolute Gasteiger partial charge is 0.166 e. The van der Waals surface area contributed by atoms with Crippen LogP contribution in [0.4, 0.5) is 18.9 Å². The fourth-order valence-corrected chi connectivity index (χ4v) is 1.59. The van der Waals surface area contributed by atoms with Crippen LogP contribution in [0.5, 0.6) is 0 Å². The quantitative estimate of drug-likeness (QED) is 0.825. The van der Waals surface area contributed by atoms with Gasteiger partial charge >= 0.3 is 16.6 Å². The van der Waals surface area contributed by atoms with Crippen LogP contribution < -0.4 is 10.8 Å². The first-order chi connectivity index (χ1) is 7.78. The summed E-state index contributed by atoms with van der Waals surface area (Å²) >= 11 is 0. The van der Waals surface area contributed by atoms with Crippen LogP contribution in [0.2, 0.25) is 0 Å². The molecule has 0 unspecified atom stereocenters. The van der Waals surface area contributed by atoms with Crippen molar-refractivity contribution in [2.24, 2.45) is 0 Å². The lowest BCUT2D eigenvalue weighted by Crippen LogP contribution is -2.28. The molecule has 0 atom stereocenters. The molecule has 17 heavy (non-hydrogen) atoms. The topological polar surface area (TPSA) is 67.9 Å². The number of hydrogen-bond donors (Lipinski definition) is 1. The monoisotopic (exact) mass is 270 g/mol. The third kappa shape index (κ3) is 2.66. The molecule has 1 heterocycles. The Labute approximate surface area is 93.7 Å². The molecule has 1 fully saturated rings. The maximum Gasteiger partial charge on any atom is 0.440 e. The van der Waals surface area contributed by atoms with Gasteiger partial charge in [0.25, 0.3) is 0 Å². The second-order valence-corrected chi connectivity index (χ2v) is 4.13. The highest BCUT2D eigenvalue weighted by atomic mass is 32.3. The predicted molar refractivity (Wildman–Crippen MR) is 48.1 cm³/mol. The molecular formula is C7H5F3N2O4S. The van der Waals surface area contributed by atoms with Crippen LogP contribution in [-0.2, 0) is 25.1 Å². The number of nitrogens with zero attached hydrogens (tertiary/aromatic N) is 1. The third-order valence-corrected chi connectivity index (χ3v) is 2.41. The maximum absolute atomic E-state index is 12.4. The summed E-state index contributed by atoms with van der Waals surface area (Å²) in [4.78, 5) is 0. The standard InChI is InChI=1S/C7H5F3N2O4S/c8-7(9,10)5-2-1-3-6(4-5)12-11-15-17(13,14)16-12/h1-4,11H. The zero-order valence-corrected chi connectivity index (χ0v) is 8.75. The Morgan fingerprint density at radius 1 is 1.29 bits per heavy atom. The van der Waals surface area contributed by atoms with Gasteiger partial charge < -0.3 is 0 Å². The summed E-state index contributed by atoms with van der Waals surface area (Å²) in [5.41, 5.74) is 0.692. The third-order valence-electron chi connectivity index (χ3n) is 1.80. The molecule has 6 nitrogen and oxygen atoms in total. The highest BCUT2D eigenvalue weighted by molar-refractivity contribution is 7.82. The maximum atomic E-state index is 12.4. The molecule has 0 bridgehead atoms. The van der Waals surface area contributed by atoms with Gasteiger partial charge in [-0.05, 0) is 18.2 Å². The minimum absolute atomic E-state index is 0.166. The average molecular weight is 270 g/mol. The number of anilines is 1. The molecule has 0 aromatic heterocycles. The summed E-state index contributed by atoms with van der Waals surface area (Å²) in [7, 11) is -4.26. The van der Waals surface area contributed by atoms with Gasteiger partial charge in [-0.25, -0.2) is 0 Å². The van der Waals surface area contributed by atoms with Gasteiger partial charge in [0, 0.05) is 0 Å². The minimum atomic E-state index is -4.53. The van der Waals surface area contributed by atoms with Crippen molar-refractivity contribution >= 4 is 16.1 Å². The molecule has 1 aliphatic heterocycles. The zero-order chi connectivity index (χ0) is 12.7. The van der Waals surface area contributed by atoms with Crippen LogP contribution in [0.1, 0.15) is 5.56 Å². The second kappa shape index (κ2) is 3.84. The van der Waals surface area contributed by atoms with Crippen molar-refractivity contribution in [1.29, 1.82) is 0 Å². The molecule has 0 amide bonds. The van der Waals surface area contributed by atoms with Gasteiger partial charge in [0.1, 0.15) is 0 Å². The average Bonchev–Trinajstić information content (AvgIpc) is 2.58. The fourth-order valence-electron chi connectivity index (χ4n) is 1.11. The summed E-state index contributed by atoms with van der Waals surface area (Å²) in [6, 6.07) is 3.87. The lowest BCUT2D eigenvalue weighted by atomic mass is 10.2. The van der Waals surface area contributed by atoms with E-state index in [0.717, 1.165) is 12.1 Å². The van der Waals surface area contributed by atoms with Crippen molar-refractivity contribution in [3.05, 3.63) is 29.8 Å². The molecule has 1 saturated heterocycles. The molecule has 2 rings (SSSR count). The first-order valence-corrected chi connectivity index (χ1v) is 5.47. The SMILES string of the molecule is O=S1(=O)ONN(c2cccc(C(F)(F)F)c2)O1. The summed E-state index contributed by atoms with van der Waals surface area (Å²) < 4.78 is 66.8. The molecule has 0 aliphatic carbocycles. The number of benzene rings is 1. The first kappa shape index (κ1) is 12.1. The van der Waals surface area contributed by atoms with Gasteiger partial charge in [-0.2, -0.15) is 21.6 Å². The van der Waals surface area contributed by atoms with Crippen molar-refractivity contribution in [2.45, 2.75) is 6.18 Å². The predicted octanol–water partition coefficient (Wildman–Crippen LogP) is 1.14. The van der Waals surface area contributed by atoms with Gasteiger partial charge in [0.2, 0.25) is 0 Å². The molecule has 1 N–H and O–H groups in total. The number of hydrogen-bond acceptors (Lipinski definition) is 6. The molecule has 0 saturated carbocycles. The van der Waals surface area contributed by atoms with E-state index in [4.69, 9.17) is 0 Å². The van der Waals surface area contributed by atoms with Gasteiger partial charge in [-0.15, -0.1) is 13.7 Å². The lowest BCUT2D eigenvalue weighted by Gasteiger charge is -2.13. The van der Waals surface area contributed by atoms with E-state index in [9.17, 15) is 21.6 Å². The van der Waals surface area contributed by atoms with Gasteiger partial charge in [-0.3, -0.25) is 0 Å². The van der Waals surface area contributed by atoms with Gasteiger partial charge in [0.15, 0.2) is 0 Å². The molecular weight excluding hydrogens is 265 g/mol. The van der Waals surface area contributed by atoms with E-state index < -0.39 is 22.1 Å². The molecule has 10 heteroatoms. The van der Waals surface area contributed by atoms with Crippen molar-refractivity contribution in [3.8, 4) is 0 Å². The van der Waals surface area contributed by atoms with Crippen LogP contribution >= 0.6 is 0 Å². The number of halogens is 3. The van der Waals surface area contributed by atoms with Crippen LogP contribution in [0.25, 0.3) is 0 Å². The molecule has 1 aromatic rings. The molecule has 0 spiro atoms. The first-order valence-electron chi connectivity index (χ1n) is 4.14. The van der Waals surface area contributed by atoms with E-state index in [2.05, 4.69) is 8.57 Å². The highest BCUT2D eigenvalue weighted by Gasteiger charge is 2.33. The van der Waals surface area contributed by atoms with Crippen LogP contribution in [0.3, 0.4) is 0 Å². The molecule has 0 radical (unpaired) electrons. The fraction of sp³-hybridized carbons (Fsp3) is 0.143. The Bertz CT molecular complexity index is 530. The number of rotatable bonds is 1. The molecule has 1 aliphatic rings. The van der Waals surface area contributed by atoms with Crippen LogP contribution in [-0.4, -0.2) is 8.42 Å². The van der Waals surface area contributed by atoms with E-state index in [-0.39, 0.29) is 5.69 Å². The normalized spacial score (nSPS) is 19.6. The van der Waals surface area contributed by atoms with Crippen molar-refractivity contribution < 1.29 is 30.2 Å². The highest BCUT2D eigenvalue weighted by Crippen LogP contribution is 2.32. The van der Waals surface area contributed by atoms with E-state index in [1.807, 2.05) is 0 Å². The largest absolute Gasteiger partial charge is 0.440 e. The van der Waals surface area contributed by atoms with Gasteiger partial charge in [-0.1, -0.05) is 11.7 Å². The molecule has 94 valence electrons. The van der Waals surface area contributed by atoms with Crippen molar-refractivity contribution in [1.82, 2.24) is 5.59 Å². The number of nitrogens with one attached hydrogen (secondary N) is 1. The van der Waals surface area contributed by atoms with Crippen LogP contribution in [0.15, 0.2) is 24.3 Å².